The van der Waals surface area contributed by atoms with E-state index in [1.165, 1.54) is 19.4 Å². The van der Waals surface area contributed by atoms with Crippen LogP contribution >= 0.6 is 0 Å². The number of aromatic amines is 1. The third kappa shape index (κ3) is 4.61. The minimum atomic E-state index is -1.74. The summed E-state index contributed by atoms with van der Waals surface area (Å²) in [7, 11) is 1.53. The molecule has 36 heavy (non-hydrogen) atoms. The maximum atomic E-state index is 15.1. The Morgan fingerprint density at radius 1 is 1.31 bits per heavy atom. The maximum absolute atomic E-state index is 15.1. The van der Waals surface area contributed by atoms with Crippen molar-refractivity contribution in [3.63, 3.8) is 0 Å². The molecule has 4 heterocycles. The molecule has 2 atom stereocenters. The monoisotopic (exact) mass is 497 g/mol. The zero-order valence-corrected chi connectivity index (χ0v) is 19.7. The molecule has 2 unspecified atom stereocenters. The molecule has 3 aromatic rings. The van der Waals surface area contributed by atoms with E-state index in [9.17, 15) is 5.11 Å². The zero-order valence-electron chi connectivity index (χ0n) is 19.7. The van der Waals surface area contributed by atoms with Gasteiger partial charge in [-0.1, -0.05) is 6.92 Å². The van der Waals surface area contributed by atoms with Gasteiger partial charge < -0.3 is 29.6 Å². The van der Waals surface area contributed by atoms with Gasteiger partial charge in [0, 0.05) is 53.3 Å². The molecule has 1 aliphatic heterocycles. The molecule has 0 saturated carbocycles. The summed E-state index contributed by atoms with van der Waals surface area (Å²) in [6.07, 6.45) is 4.15. The first-order valence-corrected chi connectivity index (χ1v) is 11.3. The van der Waals surface area contributed by atoms with E-state index >= 15 is 8.78 Å². The largest absolute Gasteiger partial charge is 0.481 e. The van der Waals surface area contributed by atoms with Crippen LogP contribution in [0.15, 0.2) is 65.1 Å². The minimum Gasteiger partial charge on any atom is -0.481 e. The lowest BCUT2D eigenvalue weighted by Gasteiger charge is -2.30. The van der Waals surface area contributed by atoms with Crippen LogP contribution in [0.3, 0.4) is 0 Å². The van der Waals surface area contributed by atoms with Crippen molar-refractivity contribution in [2.75, 3.05) is 26.9 Å². The number of alkyl halides is 1. The number of allylic oxidation sites excluding steroid dienone is 4. The van der Waals surface area contributed by atoms with Crippen LogP contribution in [0.25, 0.3) is 22.2 Å². The number of aliphatic hydroxyl groups excluding tert-OH is 1. The average molecular weight is 498 g/mol. The summed E-state index contributed by atoms with van der Waals surface area (Å²) < 4.78 is 46.6. The second-order valence-electron chi connectivity index (χ2n) is 8.98. The van der Waals surface area contributed by atoms with Gasteiger partial charge in [0.25, 0.3) is 6.02 Å². The summed E-state index contributed by atoms with van der Waals surface area (Å²) in [6, 6.07) is 5.26. The zero-order chi connectivity index (χ0) is 25.3. The third-order valence-corrected chi connectivity index (χ3v) is 6.04. The molecule has 0 spiro atoms. The van der Waals surface area contributed by atoms with E-state index in [0.29, 0.717) is 23.5 Å². The molecule has 1 aliphatic carbocycles. The quantitative estimate of drug-likeness (QED) is 0.475. The first kappa shape index (κ1) is 23.7. The Bertz CT molecular complexity index is 1370. The molecule has 0 saturated heterocycles. The van der Waals surface area contributed by atoms with Crippen molar-refractivity contribution in [2.45, 2.75) is 19.5 Å². The molecule has 3 aromatic heterocycles. The van der Waals surface area contributed by atoms with Crippen molar-refractivity contribution in [1.82, 2.24) is 20.3 Å². The number of H-pyrrole nitrogens is 1. The summed E-state index contributed by atoms with van der Waals surface area (Å²) in [5.74, 6) is -0.549. The van der Waals surface area contributed by atoms with Gasteiger partial charge in [-0.05, 0) is 18.2 Å². The molecule has 0 amide bonds. The fraction of sp³-hybridized carbons (Fsp3) is 0.320. The van der Waals surface area contributed by atoms with E-state index in [-0.39, 0.29) is 37.1 Å². The van der Waals surface area contributed by atoms with E-state index in [1.807, 2.05) is 13.0 Å². The fourth-order valence-corrected chi connectivity index (χ4v) is 3.94. The van der Waals surface area contributed by atoms with Crippen LogP contribution in [-0.4, -0.2) is 59.1 Å². The van der Waals surface area contributed by atoms with Gasteiger partial charge in [0.1, 0.15) is 18.0 Å². The predicted molar refractivity (Wildman–Crippen MR) is 129 cm³/mol. The smallest absolute Gasteiger partial charge is 0.288 e. The van der Waals surface area contributed by atoms with Crippen molar-refractivity contribution < 1.29 is 28.1 Å². The standard InChI is InChI=1S/C25H25F2N5O4/c1-25(12-33)11-31-24(35-13-25)32-15-7-17(26)22(18(27)8-15)36-19-5-6-28-23-21(19)16(10-30-23)14-3-4-20(34-2)29-9-14/h3-7,9-10,18,33H,8,11-13H2,1-2H3,(H,28,30)(H,31,32). The van der Waals surface area contributed by atoms with Crippen LogP contribution < -0.4 is 14.8 Å². The summed E-state index contributed by atoms with van der Waals surface area (Å²) >= 11 is 0. The number of pyridine rings is 2. The molecule has 3 N–H and O–H groups in total. The predicted octanol–water partition coefficient (Wildman–Crippen LogP) is 3.79. The first-order valence-electron chi connectivity index (χ1n) is 11.3. The lowest BCUT2D eigenvalue weighted by atomic mass is 9.93. The number of hydrogen-bond donors (Lipinski definition) is 3. The average Bonchev–Trinajstić information content (AvgIpc) is 3.33. The van der Waals surface area contributed by atoms with Gasteiger partial charge in [-0.2, -0.15) is 0 Å². The minimum absolute atomic E-state index is 0.0722. The number of aromatic nitrogens is 3. The van der Waals surface area contributed by atoms with Crippen LogP contribution in [-0.2, 0) is 4.74 Å². The molecule has 9 nitrogen and oxygen atoms in total. The van der Waals surface area contributed by atoms with E-state index < -0.39 is 23.2 Å². The number of methoxy groups -OCH3 is 1. The summed E-state index contributed by atoms with van der Waals surface area (Å²) in [6.45, 7) is 2.35. The number of nitrogens with zero attached hydrogens (tertiary/aromatic N) is 3. The Kier molecular flexibility index (Phi) is 6.31. The Balaban J connectivity index is 1.41. The molecule has 5 rings (SSSR count). The highest BCUT2D eigenvalue weighted by Crippen LogP contribution is 2.37. The fourth-order valence-electron chi connectivity index (χ4n) is 3.94. The summed E-state index contributed by atoms with van der Waals surface area (Å²) in [5.41, 5.74) is 1.77. The molecule has 0 aromatic carbocycles. The number of amidine groups is 1. The van der Waals surface area contributed by atoms with Crippen molar-refractivity contribution >= 4 is 17.1 Å². The van der Waals surface area contributed by atoms with E-state index in [1.54, 1.807) is 24.5 Å². The number of fused-ring (bicyclic) bond motifs is 1. The second kappa shape index (κ2) is 9.57. The molecule has 11 heteroatoms. The van der Waals surface area contributed by atoms with Crippen LogP contribution in [0.4, 0.5) is 8.78 Å². The molecular formula is C25H25F2N5O4. The number of ether oxygens (including phenoxy) is 3. The number of rotatable bonds is 6. The number of halogens is 2. The third-order valence-electron chi connectivity index (χ3n) is 6.04. The first-order chi connectivity index (χ1) is 17.4. The second-order valence-corrected chi connectivity index (χ2v) is 8.98. The molecular weight excluding hydrogens is 472 g/mol. The number of hydrogen-bond acceptors (Lipinski definition) is 8. The van der Waals surface area contributed by atoms with E-state index in [0.717, 1.165) is 11.1 Å². The van der Waals surface area contributed by atoms with Gasteiger partial charge in [-0.15, -0.1) is 0 Å². The van der Waals surface area contributed by atoms with Crippen LogP contribution in [0, 0.1) is 5.41 Å². The van der Waals surface area contributed by atoms with Gasteiger partial charge in [0.2, 0.25) is 5.88 Å². The van der Waals surface area contributed by atoms with Crippen molar-refractivity contribution in [2.24, 2.45) is 10.4 Å². The Labute approximate surface area is 205 Å². The molecule has 2 aliphatic rings. The number of nitrogens with one attached hydrogen (secondary N) is 2. The van der Waals surface area contributed by atoms with Crippen molar-refractivity contribution in [3.05, 3.63) is 60.1 Å². The van der Waals surface area contributed by atoms with Gasteiger partial charge in [-0.25, -0.2) is 23.7 Å². The Morgan fingerprint density at radius 3 is 2.83 bits per heavy atom. The van der Waals surface area contributed by atoms with Gasteiger partial charge in [0.15, 0.2) is 17.8 Å². The van der Waals surface area contributed by atoms with Crippen LogP contribution in [0.1, 0.15) is 13.3 Å². The Hall–Kier alpha value is -3.99. The highest BCUT2D eigenvalue weighted by atomic mass is 19.1. The molecule has 0 fully saturated rings. The lowest BCUT2D eigenvalue weighted by Crippen LogP contribution is -2.41. The normalized spacial score (nSPS) is 22.1. The maximum Gasteiger partial charge on any atom is 0.288 e. The van der Waals surface area contributed by atoms with E-state index in [4.69, 9.17) is 14.2 Å². The highest BCUT2D eigenvalue weighted by Gasteiger charge is 2.31. The highest BCUT2D eigenvalue weighted by molar-refractivity contribution is 5.98. The Morgan fingerprint density at radius 2 is 2.17 bits per heavy atom. The SMILES string of the molecule is COc1ccc(-c2c[nH]c3nccc(OC4=C(F)C=C(NC5=NCC(C)(CO)CO5)CC4F)c23)cn1. The molecule has 188 valence electrons. The lowest BCUT2D eigenvalue weighted by molar-refractivity contribution is 0.0675. The summed E-state index contributed by atoms with van der Waals surface area (Å²) in [4.78, 5) is 15.8. The number of aliphatic imine (C=N–C) groups is 1. The van der Waals surface area contributed by atoms with Crippen LogP contribution in [0.5, 0.6) is 11.6 Å². The van der Waals surface area contributed by atoms with Gasteiger partial charge >= 0.3 is 0 Å². The van der Waals surface area contributed by atoms with Crippen molar-refractivity contribution in [3.8, 4) is 22.8 Å². The van der Waals surface area contributed by atoms with E-state index in [2.05, 4.69) is 25.3 Å². The molecule has 0 radical (unpaired) electrons. The summed E-state index contributed by atoms with van der Waals surface area (Å²) in [5, 5.41) is 12.8. The molecule has 0 bridgehead atoms. The van der Waals surface area contributed by atoms with Crippen molar-refractivity contribution in [1.29, 1.82) is 0 Å². The van der Waals surface area contributed by atoms with Gasteiger partial charge in [-0.3, -0.25) is 0 Å². The topological polar surface area (TPSA) is 114 Å². The van der Waals surface area contributed by atoms with Gasteiger partial charge in [0.05, 0.1) is 25.6 Å². The van der Waals surface area contributed by atoms with Crippen LogP contribution in [0.2, 0.25) is 0 Å². The number of aliphatic hydroxyl groups is 1.